The number of amides is 1. The standard InChI is InChI=1S/C9H16N4O/c1-7(10)9(14)11-5-3-8-4-6-13(2)12-8/h4,6-7H,3,5,10H2,1-2H3,(H,11,14). The minimum Gasteiger partial charge on any atom is -0.354 e. The Morgan fingerprint density at radius 2 is 2.50 bits per heavy atom. The largest absolute Gasteiger partial charge is 0.354 e. The molecule has 5 heteroatoms. The molecule has 0 aliphatic carbocycles. The zero-order chi connectivity index (χ0) is 10.6. The molecule has 0 fully saturated rings. The first-order valence-electron chi connectivity index (χ1n) is 4.61. The lowest BCUT2D eigenvalue weighted by atomic mass is 10.3. The second kappa shape index (κ2) is 4.76. The number of nitrogens with two attached hydrogens (primary N) is 1. The van der Waals surface area contributed by atoms with Crippen molar-refractivity contribution in [1.29, 1.82) is 0 Å². The molecule has 0 aliphatic heterocycles. The minimum atomic E-state index is -0.446. The summed E-state index contributed by atoms with van der Waals surface area (Å²) >= 11 is 0. The molecular formula is C9H16N4O. The second-order valence-electron chi connectivity index (χ2n) is 3.31. The smallest absolute Gasteiger partial charge is 0.236 e. The molecule has 0 spiro atoms. The molecule has 0 saturated carbocycles. The highest BCUT2D eigenvalue weighted by Crippen LogP contribution is 1.93. The predicted octanol–water partition coefficient (Wildman–Crippen LogP) is -0.574. The van der Waals surface area contributed by atoms with E-state index in [9.17, 15) is 4.79 Å². The Labute approximate surface area is 83.3 Å². The van der Waals surface area contributed by atoms with Crippen molar-refractivity contribution >= 4 is 5.91 Å². The van der Waals surface area contributed by atoms with Crippen molar-refractivity contribution in [3.63, 3.8) is 0 Å². The average molecular weight is 196 g/mol. The molecule has 0 aromatic carbocycles. The number of rotatable bonds is 4. The highest BCUT2D eigenvalue weighted by molar-refractivity contribution is 5.80. The van der Waals surface area contributed by atoms with Crippen LogP contribution in [0.3, 0.4) is 0 Å². The zero-order valence-electron chi connectivity index (χ0n) is 8.53. The summed E-state index contributed by atoms with van der Waals surface area (Å²) in [7, 11) is 1.87. The van der Waals surface area contributed by atoms with Gasteiger partial charge in [0.05, 0.1) is 11.7 Å². The van der Waals surface area contributed by atoms with Crippen LogP contribution in [0, 0.1) is 0 Å². The fourth-order valence-corrected chi connectivity index (χ4v) is 1.07. The van der Waals surface area contributed by atoms with Gasteiger partial charge in [-0.25, -0.2) is 0 Å². The van der Waals surface area contributed by atoms with E-state index in [4.69, 9.17) is 5.73 Å². The lowest BCUT2D eigenvalue weighted by molar-refractivity contribution is -0.121. The van der Waals surface area contributed by atoms with Crippen LogP contribution in [0.2, 0.25) is 0 Å². The summed E-state index contributed by atoms with van der Waals surface area (Å²) in [6.45, 7) is 2.24. The van der Waals surface area contributed by atoms with Crippen LogP contribution in [0.4, 0.5) is 0 Å². The van der Waals surface area contributed by atoms with Gasteiger partial charge in [-0.15, -0.1) is 0 Å². The zero-order valence-corrected chi connectivity index (χ0v) is 8.53. The third-order valence-corrected chi connectivity index (χ3v) is 1.86. The Kier molecular flexibility index (Phi) is 3.64. The summed E-state index contributed by atoms with van der Waals surface area (Å²) in [6, 6.07) is 1.48. The number of aromatic nitrogens is 2. The highest BCUT2D eigenvalue weighted by atomic mass is 16.2. The third kappa shape index (κ3) is 3.18. The summed E-state index contributed by atoms with van der Waals surface area (Å²) in [5.41, 5.74) is 6.36. The molecule has 1 aromatic rings. The average Bonchev–Trinajstić information content (AvgIpc) is 2.51. The molecule has 0 radical (unpaired) electrons. The van der Waals surface area contributed by atoms with E-state index >= 15 is 0 Å². The number of hydrogen-bond acceptors (Lipinski definition) is 3. The molecule has 0 aliphatic rings. The molecule has 3 N–H and O–H groups in total. The summed E-state index contributed by atoms with van der Waals surface area (Å²) in [5.74, 6) is -0.124. The summed E-state index contributed by atoms with van der Waals surface area (Å²) in [4.78, 5) is 11.1. The Morgan fingerprint density at radius 1 is 1.79 bits per heavy atom. The molecule has 1 heterocycles. The molecule has 1 atom stereocenters. The van der Waals surface area contributed by atoms with E-state index in [0.717, 1.165) is 12.1 Å². The van der Waals surface area contributed by atoms with E-state index in [1.165, 1.54) is 0 Å². The van der Waals surface area contributed by atoms with Crippen LogP contribution < -0.4 is 11.1 Å². The van der Waals surface area contributed by atoms with Crippen LogP contribution in [0.5, 0.6) is 0 Å². The van der Waals surface area contributed by atoms with Crippen molar-refractivity contribution in [2.24, 2.45) is 12.8 Å². The van der Waals surface area contributed by atoms with E-state index in [-0.39, 0.29) is 5.91 Å². The van der Waals surface area contributed by atoms with Gasteiger partial charge in [-0.2, -0.15) is 5.10 Å². The van der Waals surface area contributed by atoms with Crippen molar-refractivity contribution in [2.75, 3.05) is 6.54 Å². The van der Waals surface area contributed by atoms with Crippen LogP contribution in [0.15, 0.2) is 12.3 Å². The van der Waals surface area contributed by atoms with Crippen molar-refractivity contribution in [2.45, 2.75) is 19.4 Å². The maximum Gasteiger partial charge on any atom is 0.236 e. The SMILES string of the molecule is CC(N)C(=O)NCCc1ccn(C)n1. The van der Waals surface area contributed by atoms with Gasteiger partial charge in [0, 0.05) is 26.2 Å². The van der Waals surface area contributed by atoms with Gasteiger partial charge in [-0.1, -0.05) is 0 Å². The van der Waals surface area contributed by atoms with Crippen LogP contribution in [-0.2, 0) is 18.3 Å². The topological polar surface area (TPSA) is 72.9 Å². The maximum atomic E-state index is 11.1. The predicted molar refractivity (Wildman–Crippen MR) is 53.6 cm³/mol. The van der Waals surface area contributed by atoms with Crippen molar-refractivity contribution in [1.82, 2.24) is 15.1 Å². The highest BCUT2D eigenvalue weighted by Gasteiger charge is 2.05. The molecule has 78 valence electrons. The monoisotopic (exact) mass is 196 g/mol. The molecule has 1 aromatic heterocycles. The van der Waals surface area contributed by atoms with Crippen LogP contribution in [-0.4, -0.2) is 28.3 Å². The second-order valence-corrected chi connectivity index (χ2v) is 3.31. The van der Waals surface area contributed by atoms with E-state index in [0.29, 0.717) is 6.54 Å². The molecule has 0 bridgehead atoms. The van der Waals surface area contributed by atoms with Crippen molar-refractivity contribution < 1.29 is 4.79 Å². The Balaban J connectivity index is 2.25. The van der Waals surface area contributed by atoms with Crippen LogP contribution in [0.25, 0.3) is 0 Å². The number of nitrogens with one attached hydrogen (secondary N) is 1. The third-order valence-electron chi connectivity index (χ3n) is 1.86. The fourth-order valence-electron chi connectivity index (χ4n) is 1.07. The molecule has 1 unspecified atom stereocenters. The lowest BCUT2D eigenvalue weighted by Crippen LogP contribution is -2.39. The van der Waals surface area contributed by atoms with E-state index < -0.39 is 6.04 Å². The van der Waals surface area contributed by atoms with Crippen molar-refractivity contribution in [3.8, 4) is 0 Å². The van der Waals surface area contributed by atoms with E-state index in [2.05, 4.69) is 10.4 Å². The van der Waals surface area contributed by atoms with Gasteiger partial charge in [0.15, 0.2) is 0 Å². The van der Waals surface area contributed by atoms with Gasteiger partial charge in [0.2, 0.25) is 5.91 Å². The molecule has 1 rings (SSSR count). The summed E-state index contributed by atoms with van der Waals surface area (Å²) < 4.78 is 1.74. The number of hydrogen-bond donors (Lipinski definition) is 2. The van der Waals surface area contributed by atoms with Crippen LogP contribution in [0.1, 0.15) is 12.6 Å². The van der Waals surface area contributed by atoms with Gasteiger partial charge in [0.25, 0.3) is 0 Å². The Hall–Kier alpha value is -1.36. The number of carbonyl (C=O) groups excluding carboxylic acids is 1. The molecule has 5 nitrogen and oxygen atoms in total. The molecular weight excluding hydrogens is 180 g/mol. The maximum absolute atomic E-state index is 11.1. The molecule has 14 heavy (non-hydrogen) atoms. The summed E-state index contributed by atoms with van der Waals surface area (Å²) in [5, 5.41) is 6.91. The first kappa shape index (κ1) is 10.7. The van der Waals surface area contributed by atoms with Gasteiger partial charge >= 0.3 is 0 Å². The van der Waals surface area contributed by atoms with Crippen molar-refractivity contribution in [3.05, 3.63) is 18.0 Å². The van der Waals surface area contributed by atoms with Gasteiger partial charge in [-0.3, -0.25) is 9.48 Å². The number of nitrogens with zero attached hydrogens (tertiary/aromatic N) is 2. The number of aryl methyl sites for hydroxylation is 1. The molecule has 1 amide bonds. The van der Waals surface area contributed by atoms with E-state index in [1.54, 1.807) is 11.6 Å². The Morgan fingerprint density at radius 3 is 3.00 bits per heavy atom. The van der Waals surface area contributed by atoms with Gasteiger partial charge in [0.1, 0.15) is 0 Å². The summed E-state index contributed by atoms with van der Waals surface area (Å²) in [6.07, 6.45) is 2.61. The lowest BCUT2D eigenvalue weighted by Gasteiger charge is -2.05. The molecule has 0 saturated heterocycles. The first-order valence-corrected chi connectivity index (χ1v) is 4.61. The minimum absolute atomic E-state index is 0.124. The fraction of sp³-hybridized carbons (Fsp3) is 0.556. The van der Waals surface area contributed by atoms with Gasteiger partial charge < -0.3 is 11.1 Å². The van der Waals surface area contributed by atoms with E-state index in [1.807, 2.05) is 19.3 Å². The normalized spacial score (nSPS) is 12.5. The Bertz CT molecular complexity index is 306. The van der Waals surface area contributed by atoms with Crippen LogP contribution >= 0.6 is 0 Å². The number of carbonyl (C=O) groups is 1. The first-order chi connectivity index (χ1) is 6.59. The van der Waals surface area contributed by atoms with Gasteiger partial charge in [-0.05, 0) is 13.0 Å². The quantitative estimate of drug-likeness (QED) is 0.677.